The minimum absolute atomic E-state index is 0.233. The molecule has 1 aromatic rings. The molecule has 0 spiro atoms. The molecule has 0 bridgehead atoms. The maximum absolute atomic E-state index is 5.69. The molecule has 1 aromatic heterocycles. The molecular formula is C11H20N4O2. The molecule has 6 nitrogen and oxygen atoms in total. The summed E-state index contributed by atoms with van der Waals surface area (Å²) in [6, 6.07) is 0.233. The topological polar surface area (TPSA) is 77.4 Å². The van der Waals surface area contributed by atoms with E-state index in [1.54, 1.807) is 0 Å². The lowest BCUT2D eigenvalue weighted by molar-refractivity contribution is 0.121. The SMILES string of the molecule is CC(N)CCCc1nc(N2CCOCC2)no1. The van der Waals surface area contributed by atoms with E-state index in [0.717, 1.165) is 45.6 Å². The second kappa shape index (κ2) is 5.97. The summed E-state index contributed by atoms with van der Waals surface area (Å²) < 4.78 is 10.5. The van der Waals surface area contributed by atoms with E-state index in [0.29, 0.717) is 11.8 Å². The summed E-state index contributed by atoms with van der Waals surface area (Å²) in [7, 11) is 0. The average molecular weight is 240 g/mol. The second-order valence-corrected chi connectivity index (χ2v) is 4.46. The van der Waals surface area contributed by atoms with Crippen molar-refractivity contribution in [2.45, 2.75) is 32.2 Å². The third-order valence-electron chi connectivity index (χ3n) is 2.80. The highest BCUT2D eigenvalue weighted by Crippen LogP contribution is 2.12. The normalized spacial score (nSPS) is 18.4. The number of hydrogen-bond donors (Lipinski definition) is 1. The maximum Gasteiger partial charge on any atom is 0.266 e. The standard InChI is InChI=1S/C11H20N4O2/c1-9(12)3-2-4-10-13-11(14-17-10)15-5-7-16-8-6-15/h9H,2-8,12H2,1H3. The van der Waals surface area contributed by atoms with Crippen LogP contribution in [-0.2, 0) is 11.2 Å². The van der Waals surface area contributed by atoms with Gasteiger partial charge in [-0.15, -0.1) is 0 Å². The molecule has 0 aliphatic carbocycles. The highest BCUT2D eigenvalue weighted by molar-refractivity contribution is 5.27. The monoisotopic (exact) mass is 240 g/mol. The summed E-state index contributed by atoms with van der Waals surface area (Å²) in [6.45, 7) is 5.13. The van der Waals surface area contributed by atoms with Crippen molar-refractivity contribution in [2.75, 3.05) is 31.2 Å². The highest BCUT2D eigenvalue weighted by atomic mass is 16.5. The van der Waals surface area contributed by atoms with E-state index >= 15 is 0 Å². The number of morpholine rings is 1. The molecule has 2 rings (SSSR count). The summed E-state index contributed by atoms with van der Waals surface area (Å²) in [4.78, 5) is 6.47. The van der Waals surface area contributed by atoms with E-state index in [-0.39, 0.29) is 6.04 Å². The van der Waals surface area contributed by atoms with Gasteiger partial charge in [0, 0.05) is 25.6 Å². The number of hydrogen-bond acceptors (Lipinski definition) is 6. The minimum atomic E-state index is 0.233. The van der Waals surface area contributed by atoms with Crippen LogP contribution in [0.4, 0.5) is 5.95 Å². The Labute approximate surface area is 101 Å². The number of nitrogens with zero attached hydrogens (tertiary/aromatic N) is 3. The fraction of sp³-hybridized carbons (Fsp3) is 0.818. The van der Waals surface area contributed by atoms with E-state index in [2.05, 4.69) is 15.0 Å². The largest absolute Gasteiger partial charge is 0.378 e. The fourth-order valence-electron chi connectivity index (χ4n) is 1.81. The lowest BCUT2D eigenvalue weighted by Crippen LogP contribution is -2.36. The van der Waals surface area contributed by atoms with Crippen molar-refractivity contribution in [3.63, 3.8) is 0 Å². The predicted octanol–water partition coefficient (Wildman–Crippen LogP) is 0.576. The van der Waals surface area contributed by atoms with Crippen LogP contribution in [-0.4, -0.2) is 42.5 Å². The van der Waals surface area contributed by atoms with Crippen molar-refractivity contribution >= 4 is 5.95 Å². The molecule has 0 aromatic carbocycles. The second-order valence-electron chi connectivity index (χ2n) is 4.46. The van der Waals surface area contributed by atoms with Gasteiger partial charge >= 0.3 is 0 Å². The molecular weight excluding hydrogens is 220 g/mol. The average Bonchev–Trinajstić information content (AvgIpc) is 2.78. The molecule has 1 atom stereocenters. The van der Waals surface area contributed by atoms with Gasteiger partial charge in [-0.2, -0.15) is 4.98 Å². The first kappa shape index (κ1) is 12.3. The van der Waals surface area contributed by atoms with Gasteiger partial charge in [0.2, 0.25) is 5.89 Å². The predicted molar refractivity (Wildman–Crippen MR) is 63.9 cm³/mol. The van der Waals surface area contributed by atoms with Crippen LogP contribution in [0.2, 0.25) is 0 Å². The first-order valence-electron chi connectivity index (χ1n) is 6.16. The number of rotatable bonds is 5. The zero-order valence-corrected chi connectivity index (χ0v) is 10.3. The summed E-state index contributed by atoms with van der Waals surface area (Å²) >= 11 is 0. The first-order chi connectivity index (χ1) is 8.25. The molecule has 1 unspecified atom stereocenters. The molecule has 1 aliphatic rings. The third kappa shape index (κ3) is 3.67. The van der Waals surface area contributed by atoms with Crippen molar-refractivity contribution in [2.24, 2.45) is 5.73 Å². The summed E-state index contributed by atoms with van der Waals surface area (Å²) in [6.07, 6.45) is 2.77. The van der Waals surface area contributed by atoms with Crippen LogP contribution in [0, 0.1) is 0 Å². The van der Waals surface area contributed by atoms with Gasteiger partial charge in [-0.25, -0.2) is 0 Å². The third-order valence-corrected chi connectivity index (χ3v) is 2.80. The quantitative estimate of drug-likeness (QED) is 0.811. The van der Waals surface area contributed by atoms with Gasteiger partial charge in [-0.05, 0) is 24.9 Å². The summed E-state index contributed by atoms with van der Waals surface area (Å²) in [5, 5.41) is 3.99. The molecule has 0 saturated carbocycles. The van der Waals surface area contributed by atoms with Crippen LogP contribution in [0.5, 0.6) is 0 Å². The molecule has 2 heterocycles. The Morgan fingerprint density at radius 1 is 1.41 bits per heavy atom. The van der Waals surface area contributed by atoms with Gasteiger partial charge in [0.1, 0.15) is 0 Å². The van der Waals surface area contributed by atoms with E-state index in [9.17, 15) is 0 Å². The summed E-state index contributed by atoms with van der Waals surface area (Å²) in [5.74, 6) is 1.39. The number of ether oxygens (including phenoxy) is 1. The van der Waals surface area contributed by atoms with Crippen LogP contribution in [0.3, 0.4) is 0 Å². The molecule has 1 saturated heterocycles. The van der Waals surface area contributed by atoms with Crippen LogP contribution in [0.25, 0.3) is 0 Å². The van der Waals surface area contributed by atoms with Crippen molar-refractivity contribution in [3.8, 4) is 0 Å². The molecule has 1 fully saturated rings. The van der Waals surface area contributed by atoms with E-state index in [1.807, 2.05) is 6.92 Å². The van der Waals surface area contributed by atoms with Gasteiger partial charge in [0.15, 0.2) is 0 Å². The van der Waals surface area contributed by atoms with E-state index in [1.165, 1.54) is 0 Å². The fourth-order valence-corrected chi connectivity index (χ4v) is 1.81. The summed E-state index contributed by atoms with van der Waals surface area (Å²) in [5.41, 5.74) is 5.69. The van der Waals surface area contributed by atoms with Gasteiger partial charge in [-0.1, -0.05) is 0 Å². The Bertz CT molecular complexity index is 334. The van der Waals surface area contributed by atoms with E-state index < -0.39 is 0 Å². The number of anilines is 1. The van der Waals surface area contributed by atoms with Gasteiger partial charge in [0.25, 0.3) is 5.95 Å². The first-order valence-corrected chi connectivity index (χ1v) is 6.16. The number of nitrogens with two attached hydrogens (primary N) is 1. The van der Waals surface area contributed by atoms with Gasteiger partial charge < -0.3 is 19.9 Å². The number of aryl methyl sites for hydroxylation is 1. The zero-order valence-electron chi connectivity index (χ0n) is 10.3. The Balaban J connectivity index is 1.82. The molecule has 6 heteroatoms. The van der Waals surface area contributed by atoms with E-state index in [4.69, 9.17) is 15.0 Å². The molecule has 2 N–H and O–H groups in total. The van der Waals surface area contributed by atoms with Crippen molar-refractivity contribution in [1.82, 2.24) is 10.1 Å². The highest BCUT2D eigenvalue weighted by Gasteiger charge is 2.16. The molecule has 96 valence electrons. The Morgan fingerprint density at radius 2 is 2.18 bits per heavy atom. The van der Waals surface area contributed by atoms with Crippen molar-refractivity contribution < 1.29 is 9.26 Å². The van der Waals surface area contributed by atoms with Crippen LogP contribution in [0.15, 0.2) is 4.52 Å². The minimum Gasteiger partial charge on any atom is -0.378 e. The lowest BCUT2D eigenvalue weighted by Gasteiger charge is -2.24. The Morgan fingerprint density at radius 3 is 2.88 bits per heavy atom. The van der Waals surface area contributed by atoms with Crippen molar-refractivity contribution in [1.29, 1.82) is 0 Å². The molecule has 0 radical (unpaired) electrons. The number of aromatic nitrogens is 2. The van der Waals surface area contributed by atoms with Crippen molar-refractivity contribution in [3.05, 3.63) is 5.89 Å². The zero-order chi connectivity index (χ0) is 12.1. The van der Waals surface area contributed by atoms with Crippen LogP contribution < -0.4 is 10.6 Å². The Hall–Kier alpha value is -1.14. The molecule has 0 amide bonds. The van der Waals surface area contributed by atoms with Gasteiger partial charge in [-0.3, -0.25) is 0 Å². The lowest BCUT2D eigenvalue weighted by atomic mass is 10.1. The van der Waals surface area contributed by atoms with Gasteiger partial charge in [0.05, 0.1) is 13.2 Å². The molecule has 17 heavy (non-hydrogen) atoms. The maximum atomic E-state index is 5.69. The molecule has 1 aliphatic heterocycles. The Kier molecular flexibility index (Phi) is 4.33. The van der Waals surface area contributed by atoms with Crippen LogP contribution in [0.1, 0.15) is 25.7 Å². The van der Waals surface area contributed by atoms with Crippen LogP contribution >= 0.6 is 0 Å². The smallest absolute Gasteiger partial charge is 0.266 e.